The van der Waals surface area contributed by atoms with Gasteiger partial charge in [-0.25, -0.2) is 4.98 Å². The number of aryl methyl sites for hydroxylation is 1. The lowest BCUT2D eigenvalue weighted by Gasteiger charge is -2.09. The quantitative estimate of drug-likeness (QED) is 0.855. The highest BCUT2D eigenvalue weighted by Crippen LogP contribution is 2.10. The van der Waals surface area contributed by atoms with E-state index in [1.54, 1.807) is 18.3 Å². The molecule has 1 amide bonds. The predicted octanol–water partition coefficient (Wildman–Crippen LogP) is 2.54. The van der Waals surface area contributed by atoms with Crippen molar-refractivity contribution in [3.63, 3.8) is 0 Å². The van der Waals surface area contributed by atoms with E-state index in [1.165, 1.54) is 0 Å². The Bertz CT molecular complexity index is 598. The number of aromatic nitrogens is 2. The largest absolute Gasteiger partial charge is 0.370 e. The summed E-state index contributed by atoms with van der Waals surface area (Å²) >= 11 is 0. The molecule has 110 valence electrons. The number of rotatable bonds is 6. The molecule has 0 saturated carbocycles. The number of carbonyl (C=O) groups is 1. The monoisotopic (exact) mass is 284 g/mol. The first kappa shape index (κ1) is 15.0. The Morgan fingerprint density at radius 3 is 2.86 bits per heavy atom. The van der Waals surface area contributed by atoms with Crippen molar-refractivity contribution in [3.8, 4) is 0 Å². The third kappa shape index (κ3) is 4.56. The summed E-state index contributed by atoms with van der Waals surface area (Å²) in [6.07, 6.45) is 2.72. The van der Waals surface area contributed by atoms with E-state index in [9.17, 15) is 4.79 Å². The van der Waals surface area contributed by atoms with Crippen LogP contribution in [0.1, 0.15) is 35.1 Å². The molecule has 0 aliphatic heterocycles. The van der Waals surface area contributed by atoms with E-state index < -0.39 is 0 Å². The maximum absolute atomic E-state index is 12.2. The molecule has 0 saturated heterocycles. The first-order valence-electron chi connectivity index (χ1n) is 7.09. The van der Waals surface area contributed by atoms with Gasteiger partial charge in [0.1, 0.15) is 5.82 Å². The Hall–Kier alpha value is -2.43. The molecular weight excluding hydrogens is 264 g/mol. The van der Waals surface area contributed by atoms with Crippen LogP contribution in [0.2, 0.25) is 0 Å². The second-order valence-electron chi connectivity index (χ2n) is 4.81. The fraction of sp³-hybridized carbons (Fsp3) is 0.312. The topological polar surface area (TPSA) is 66.9 Å². The smallest absolute Gasteiger partial charge is 0.251 e. The molecule has 2 aromatic heterocycles. The van der Waals surface area contributed by atoms with E-state index in [-0.39, 0.29) is 5.91 Å². The molecule has 0 spiro atoms. The van der Waals surface area contributed by atoms with Crippen molar-refractivity contribution in [2.45, 2.75) is 26.8 Å². The average Bonchev–Trinajstić information content (AvgIpc) is 2.51. The summed E-state index contributed by atoms with van der Waals surface area (Å²) in [6, 6.07) is 9.19. The molecule has 2 aromatic rings. The number of hydrogen-bond donors (Lipinski definition) is 2. The van der Waals surface area contributed by atoms with Crippen LogP contribution in [0.5, 0.6) is 0 Å². The number of pyridine rings is 2. The lowest BCUT2D eigenvalue weighted by Crippen LogP contribution is -2.23. The molecule has 0 aromatic carbocycles. The summed E-state index contributed by atoms with van der Waals surface area (Å²) in [5, 5.41) is 6.07. The third-order valence-corrected chi connectivity index (χ3v) is 2.93. The summed E-state index contributed by atoms with van der Waals surface area (Å²) in [5.41, 5.74) is 2.26. The van der Waals surface area contributed by atoms with Gasteiger partial charge in [0, 0.05) is 24.0 Å². The van der Waals surface area contributed by atoms with E-state index >= 15 is 0 Å². The standard InChI is InChI=1S/C16H20N4O/c1-3-7-18-15-10-13(9-12(2)20-15)16(21)19-11-14-6-4-5-8-17-14/h4-6,8-10H,3,7,11H2,1-2H3,(H,18,20)(H,19,21). The number of anilines is 1. The summed E-state index contributed by atoms with van der Waals surface area (Å²) < 4.78 is 0. The number of carbonyl (C=O) groups excluding carboxylic acids is 1. The minimum absolute atomic E-state index is 0.120. The molecule has 2 rings (SSSR count). The van der Waals surface area contributed by atoms with Gasteiger partial charge in [0.15, 0.2) is 0 Å². The van der Waals surface area contributed by atoms with Gasteiger partial charge in [-0.3, -0.25) is 9.78 Å². The van der Waals surface area contributed by atoms with Crippen molar-refractivity contribution in [2.75, 3.05) is 11.9 Å². The highest BCUT2D eigenvalue weighted by molar-refractivity contribution is 5.94. The van der Waals surface area contributed by atoms with Crippen LogP contribution in [-0.2, 0) is 6.54 Å². The molecule has 0 atom stereocenters. The van der Waals surface area contributed by atoms with Crippen molar-refractivity contribution in [3.05, 3.63) is 53.5 Å². The van der Waals surface area contributed by atoms with Crippen LogP contribution in [-0.4, -0.2) is 22.4 Å². The molecule has 0 fully saturated rings. The first-order valence-corrected chi connectivity index (χ1v) is 7.09. The second kappa shape index (κ2) is 7.38. The first-order chi connectivity index (χ1) is 10.2. The Kier molecular flexibility index (Phi) is 5.26. The molecule has 0 aliphatic carbocycles. The van der Waals surface area contributed by atoms with Crippen LogP contribution in [0.3, 0.4) is 0 Å². The number of hydrogen-bond acceptors (Lipinski definition) is 4. The maximum atomic E-state index is 12.2. The van der Waals surface area contributed by atoms with Crippen molar-refractivity contribution < 1.29 is 4.79 Å². The van der Waals surface area contributed by atoms with E-state index in [1.807, 2.05) is 25.1 Å². The van der Waals surface area contributed by atoms with Crippen LogP contribution in [0.4, 0.5) is 5.82 Å². The zero-order valence-electron chi connectivity index (χ0n) is 12.4. The van der Waals surface area contributed by atoms with Gasteiger partial charge in [0.25, 0.3) is 5.91 Å². The lowest BCUT2D eigenvalue weighted by molar-refractivity contribution is 0.0950. The summed E-state index contributed by atoms with van der Waals surface area (Å²) in [4.78, 5) is 20.8. The van der Waals surface area contributed by atoms with Gasteiger partial charge in [0.2, 0.25) is 0 Å². The molecule has 2 N–H and O–H groups in total. The predicted molar refractivity (Wildman–Crippen MR) is 83.2 cm³/mol. The van der Waals surface area contributed by atoms with Gasteiger partial charge in [-0.05, 0) is 37.6 Å². The molecule has 2 heterocycles. The van der Waals surface area contributed by atoms with Crippen LogP contribution >= 0.6 is 0 Å². The van der Waals surface area contributed by atoms with Gasteiger partial charge in [-0.15, -0.1) is 0 Å². The zero-order chi connectivity index (χ0) is 15.1. The molecule has 5 nitrogen and oxygen atoms in total. The van der Waals surface area contributed by atoms with Crippen molar-refractivity contribution in [1.29, 1.82) is 0 Å². The molecule has 0 unspecified atom stereocenters. The SMILES string of the molecule is CCCNc1cc(C(=O)NCc2ccccn2)cc(C)n1. The van der Waals surface area contributed by atoms with Crippen molar-refractivity contribution in [2.24, 2.45) is 0 Å². The van der Waals surface area contributed by atoms with Gasteiger partial charge >= 0.3 is 0 Å². The number of nitrogens with one attached hydrogen (secondary N) is 2. The Labute approximate surface area is 124 Å². The normalized spacial score (nSPS) is 10.2. The molecule has 21 heavy (non-hydrogen) atoms. The van der Waals surface area contributed by atoms with E-state index in [4.69, 9.17) is 0 Å². The van der Waals surface area contributed by atoms with Crippen LogP contribution in [0, 0.1) is 6.92 Å². The van der Waals surface area contributed by atoms with E-state index in [2.05, 4.69) is 27.5 Å². The van der Waals surface area contributed by atoms with E-state index in [0.29, 0.717) is 12.1 Å². The molecule has 5 heteroatoms. The van der Waals surface area contributed by atoms with Gasteiger partial charge in [-0.2, -0.15) is 0 Å². The highest BCUT2D eigenvalue weighted by Gasteiger charge is 2.08. The third-order valence-electron chi connectivity index (χ3n) is 2.93. The maximum Gasteiger partial charge on any atom is 0.251 e. The average molecular weight is 284 g/mol. The molecule has 0 bridgehead atoms. The highest BCUT2D eigenvalue weighted by atomic mass is 16.1. The van der Waals surface area contributed by atoms with Crippen molar-refractivity contribution >= 4 is 11.7 Å². The Morgan fingerprint density at radius 1 is 1.29 bits per heavy atom. The van der Waals surface area contributed by atoms with Crippen LogP contribution in [0.25, 0.3) is 0 Å². The summed E-state index contributed by atoms with van der Waals surface area (Å²) in [6.45, 7) is 5.22. The summed E-state index contributed by atoms with van der Waals surface area (Å²) in [5.74, 6) is 0.616. The van der Waals surface area contributed by atoms with Crippen LogP contribution in [0.15, 0.2) is 36.5 Å². The second-order valence-corrected chi connectivity index (χ2v) is 4.81. The zero-order valence-corrected chi connectivity index (χ0v) is 12.4. The van der Waals surface area contributed by atoms with E-state index in [0.717, 1.165) is 30.2 Å². The van der Waals surface area contributed by atoms with Gasteiger partial charge < -0.3 is 10.6 Å². The number of amides is 1. The fourth-order valence-electron chi connectivity index (χ4n) is 1.92. The summed E-state index contributed by atoms with van der Waals surface area (Å²) in [7, 11) is 0. The molecule has 0 radical (unpaired) electrons. The molecule has 0 aliphatic rings. The fourth-order valence-corrected chi connectivity index (χ4v) is 1.92. The van der Waals surface area contributed by atoms with Crippen molar-refractivity contribution in [1.82, 2.24) is 15.3 Å². The molecular formula is C16H20N4O. The van der Waals surface area contributed by atoms with Crippen LogP contribution < -0.4 is 10.6 Å². The minimum Gasteiger partial charge on any atom is -0.370 e. The lowest BCUT2D eigenvalue weighted by atomic mass is 10.2. The minimum atomic E-state index is -0.120. The Morgan fingerprint density at radius 2 is 2.14 bits per heavy atom. The Balaban J connectivity index is 2.03. The number of nitrogens with zero attached hydrogens (tertiary/aromatic N) is 2. The van der Waals surface area contributed by atoms with Gasteiger partial charge in [0.05, 0.1) is 12.2 Å². The van der Waals surface area contributed by atoms with Gasteiger partial charge in [-0.1, -0.05) is 13.0 Å².